The van der Waals surface area contributed by atoms with Crippen molar-refractivity contribution >= 4 is 33.2 Å². The number of fused-ring (bicyclic) bond motifs is 1. The summed E-state index contributed by atoms with van der Waals surface area (Å²) in [4.78, 5) is 26.3. The highest BCUT2D eigenvalue weighted by atomic mass is 32.2. The van der Waals surface area contributed by atoms with E-state index in [9.17, 15) is 18.0 Å². The minimum absolute atomic E-state index is 0.0723. The molecule has 1 heterocycles. The molecule has 0 radical (unpaired) electrons. The van der Waals surface area contributed by atoms with Crippen LogP contribution in [0.2, 0.25) is 0 Å². The van der Waals surface area contributed by atoms with E-state index in [4.69, 9.17) is 4.74 Å². The van der Waals surface area contributed by atoms with Gasteiger partial charge in [0, 0.05) is 36.6 Å². The van der Waals surface area contributed by atoms with Crippen molar-refractivity contribution in [1.82, 2.24) is 9.21 Å². The highest BCUT2D eigenvalue weighted by Gasteiger charge is 2.32. The van der Waals surface area contributed by atoms with Gasteiger partial charge in [0.25, 0.3) is 5.91 Å². The minimum Gasteiger partial charge on any atom is -0.495 e. The Bertz CT molecular complexity index is 1070. The van der Waals surface area contributed by atoms with Crippen LogP contribution in [0.4, 0.5) is 5.69 Å². The molecule has 1 N–H and O–H groups in total. The van der Waals surface area contributed by atoms with Crippen LogP contribution in [-0.4, -0.2) is 57.2 Å². The van der Waals surface area contributed by atoms with Gasteiger partial charge in [0.1, 0.15) is 17.2 Å². The van der Waals surface area contributed by atoms with E-state index in [1.807, 2.05) is 0 Å². The normalized spacial score (nSPS) is 13.6. The molecule has 0 aliphatic carbocycles. The van der Waals surface area contributed by atoms with Crippen molar-refractivity contribution in [3.8, 4) is 5.75 Å². The second-order valence-corrected chi connectivity index (χ2v) is 8.71. The maximum Gasteiger partial charge on any atom is 0.259 e. The lowest BCUT2D eigenvalue weighted by molar-refractivity contribution is -0.116. The first-order valence-electron chi connectivity index (χ1n) is 8.67. The van der Waals surface area contributed by atoms with Gasteiger partial charge in [-0.3, -0.25) is 14.5 Å². The second kappa shape index (κ2) is 7.69. The Kier molecular flexibility index (Phi) is 5.45. The maximum atomic E-state index is 12.5. The van der Waals surface area contributed by atoms with E-state index in [2.05, 4.69) is 11.9 Å². The van der Waals surface area contributed by atoms with Crippen LogP contribution < -0.4 is 10.1 Å². The predicted octanol–water partition coefficient (Wildman–Crippen LogP) is 2.01. The summed E-state index contributed by atoms with van der Waals surface area (Å²) in [5.74, 6) is -0.618. The number of hydrogen-bond donors (Lipinski definition) is 1. The number of methoxy groups -OCH3 is 1. The third-order valence-electron chi connectivity index (χ3n) is 4.55. The number of carbonyl (C=O) groups is 2. The Morgan fingerprint density at radius 3 is 2.41 bits per heavy atom. The zero-order valence-corrected chi connectivity index (χ0v) is 17.1. The fourth-order valence-electron chi connectivity index (χ4n) is 3.00. The molecule has 2 aromatic rings. The lowest BCUT2D eigenvalue weighted by Gasteiger charge is -2.18. The van der Waals surface area contributed by atoms with Crippen molar-refractivity contribution in [2.75, 3.05) is 33.1 Å². The summed E-state index contributed by atoms with van der Waals surface area (Å²) in [6, 6.07) is 11.3. The number of sulfonamides is 1. The minimum atomic E-state index is -3.78. The van der Waals surface area contributed by atoms with Crippen LogP contribution in [0.5, 0.6) is 5.75 Å². The summed E-state index contributed by atoms with van der Waals surface area (Å²) >= 11 is 0. The number of ether oxygens (including phenoxy) is 1. The number of hydrogen-bond acceptors (Lipinski definition) is 5. The van der Waals surface area contributed by atoms with Gasteiger partial charge in [0.15, 0.2) is 0 Å². The van der Waals surface area contributed by atoms with Crippen molar-refractivity contribution in [3.63, 3.8) is 0 Å². The SMILES string of the molecule is C=C1c2ccccc2C(=O)N1CC(=O)Nc1ccc(OC)c(S(=O)(=O)N(C)C)c1. The molecule has 0 aromatic heterocycles. The summed E-state index contributed by atoms with van der Waals surface area (Å²) in [5, 5.41) is 2.63. The molecular formula is C20H21N3O5S. The highest BCUT2D eigenvalue weighted by molar-refractivity contribution is 7.89. The monoisotopic (exact) mass is 415 g/mol. The third-order valence-corrected chi connectivity index (χ3v) is 6.38. The van der Waals surface area contributed by atoms with E-state index < -0.39 is 15.9 Å². The lowest BCUT2D eigenvalue weighted by Crippen LogP contribution is -2.32. The molecule has 3 rings (SSSR count). The van der Waals surface area contributed by atoms with Crippen molar-refractivity contribution in [1.29, 1.82) is 0 Å². The Labute approximate surface area is 169 Å². The molecule has 0 atom stereocenters. The molecular weight excluding hydrogens is 394 g/mol. The number of benzene rings is 2. The van der Waals surface area contributed by atoms with Crippen LogP contribution >= 0.6 is 0 Å². The molecule has 2 aromatic carbocycles. The van der Waals surface area contributed by atoms with Crippen LogP contribution in [0, 0.1) is 0 Å². The van der Waals surface area contributed by atoms with Gasteiger partial charge >= 0.3 is 0 Å². The van der Waals surface area contributed by atoms with Crippen molar-refractivity contribution in [3.05, 3.63) is 60.2 Å². The smallest absolute Gasteiger partial charge is 0.259 e. The van der Waals surface area contributed by atoms with E-state index in [1.165, 1.54) is 44.3 Å². The van der Waals surface area contributed by atoms with Gasteiger partial charge in [-0.05, 0) is 24.3 Å². The average Bonchev–Trinajstić information content (AvgIpc) is 2.93. The topological polar surface area (TPSA) is 96.0 Å². The Morgan fingerprint density at radius 2 is 1.83 bits per heavy atom. The van der Waals surface area contributed by atoms with Crippen molar-refractivity contribution in [2.24, 2.45) is 0 Å². The van der Waals surface area contributed by atoms with Gasteiger partial charge in [-0.2, -0.15) is 0 Å². The van der Waals surface area contributed by atoms with E-state index in [1.54, 1.807) is 24.3 Å². The van der Waals surface area contributed by atoms with Gasteiger partial charge in [-0.25, -0.2) is 12.7 Å². The largest absolute Gasteiger partial charge is 0.495 e. The number of rotatable bonds is 6. The fourth-order valence-corrected chi connectivity index (χ4v) is 4.07. The van der Waals surface area contributed by atoms with Crippen LogP contribution in [0.1, 0.15) is 15.9 Å². The molecule has 1 aliphatic heterocycles. The van der Waals surface area contributed by atoms with Crippen LogP contribution in [0.25, 0.3) is 5.70 Å². The second-order valence-electron chi connectivity index (χ2n) is 6.58. The molecule has 152 valence electrons. The van der Waals surface area contributed by atoms with Crippen LogP contribution in [0.15, 0.2) is 53.9 Å². The van der Waals surface area contributed by atoms with Gasteiger partial charge in [0.05, 0.1) is 7.11 Å². The summed E-state index contributed by atoms with van der Waals surface area (Å²) in [6.45, 7) is 3.66. The van der Waals surface area contributed by atoms with E-state index in [0.717, 1.165) is 4.31 Å². The number of carbonyl (C=O) groups excluding carboxylic acids is 2. The summed E-state index contributed by atoms with van der Waals surface area (Å²) in [5.41, 5.74) is 1.90. The van der Waals surface area contributed by atoms with E-state index >= 15 is 0 Å². The molecule has 1 aliphatic rings. The first-order valence-corrected chi connectivity index (χ1v) is 10.1. The summed E-state index contributed by atoms with van der Waals surface area (Å²) < 4.78 is 31.2. The molecule has 8 nitrogen and oxygen atoms in total. The van der Waals surface area contributed by atoms with Crippen molar-refractivity contribution in [2.45, 2.75) is 4.90 Å². The Morgan fingerprint density at radius 1 is 1.17 bits per heavy atom. The lowest BCUT2D eigenvalue weighted by atomic mass is 10.1. The standard InChI is InChI=1S/C20H21N3O5S/c1-13-15-7-5-6-8-16(15)20(25)23(13)12-19(24)21-14-9-10-17(28-4)18(11-14)29(26,27)22(2)3/h5-11H,1,12H2,2-4H3,(H,21,24). The van der Waals surface area contributed by atoms with Gasteiger partial charge in [0.2, 0.25) is 15.9 Å². The van der Waals surface area contributed by atoms with E-state index in [0.29, 0.717) is 16.8 Å². The van der Waals surface area contributed by atoms with E-state index in [-0.39, 0.29) is 28.8 Å². The van der Waals surface area contributed by atoms with Crippen molar-refractivity contribution < 1.29 is 22.7 Å². The molecule has 2 amide bonds. The molecule has 0 bridgehead atoms. The quantitative estimate of drug-likeness (QED) is 0.779. The molecule has 0 fully saturated rings. The predicted molar refractivity (Wildman–Crippen MR) is 109 cm³/mol. The first kappa shape index (κ1) is 20.6. The van der Waals surface area contributed by atoms with Crippen LogP contribution in [-0.2, 0) is 14.8 Å². The number of anilines is 1. The number of amides is 2. The summed E-state index contributed by atoms with van der Waals surface area (Å²) in [7, 11) is 0.400. The van der Waals surface area contributed by atoms with Crippen LogP contribution in [0.3, 0.4) is 0 Å². The molecule has 0 saturated heterocycles. The maximum absolute atomic E-state index is 12.5. The molecule has 0 spiro atoms. The zero-order valence-electron chi connectivity index (χ0n) is 16.3. The number of nitrogens with one attached hydrogen (secondary N) is 1. The zero-order chi connectivity index (χ0) is 21.3. The van der Waals surface area contributed by atoms with Gasteiger partial charge in [-0.15, -0.1) is 0 Å². The molecule has 9 heteroatoms. The Hall–Kier alpha value is -3.17. The van der Waals surface area contributed by atoms with Gasteiger partial charge < -0.3 is 10.1 Å². The highest BCUT2D eigenvalue weighted by Crippen LogP contribution is 2.31. The number of nitrogens with zero attached hydrogens (tertiary/aromatic N) is 2. The fraction of sp³-hybridized carbons (Fsp3) is 0.200. The third kappa shape index (κ3) is 3.74. The average molecular weight is 415 g/mol. The Balaban J connectivity index is 1.80. The first-order chi connectivity index (χ1) is 13.7. The molecule has 29 heavy (non-hydrogen) atoms. The molecule has 0 saturated carbocycles. The summed E-state index contributed by atoms with van der Waals surface area (Å²) in [6.07, 6.45) is 0. The van der Waals surface area contributed by atoms with Gasteiger partial charge in [-0.1, -0.05) is 24.8 Å². The molecule has 0 unspecified atom stereocenters.